The molecule has 0 unspecified atom stereocenters. The first-order valence-electron chi connectivity index (χ1n) is 3.11. The number of rotatable bonds is 1. The van der Waals surface area contributed by atoms with E-state index in [1.165, 1.54) is 6.08 Å². The Kier molecular flexibility index (Phi) is 2.24. The van der Waals surface area contributed by atoms with Crippen LogP contribution in [0.1, 0.15) is 5.69 Å². The van der Waals surface area contributed by atoms with Gasteiger partial charge in [-0.3, -0.25) is 4.98 Å². The van der Waals surface area contributed by atoms with Gasteiger partial charge in [0, 0.05) is 12.3 Å². The predicted molar refractivity (Wildman–Crippen MR) is 43.3 cm³/mol. The molecule has 0 aliphatic carbocycles. The van der Waals surface area contributed by atoms with Gasteiger partial charge in [-0.2, -0.15) is 5.26 Å². The van der Waals surface area contributed by atoms with E-state index >= 15 is 0 Å². The highest BCUT2D eigenvalue weighted by Gasteiger charge is 1.91. The van der Waals surface area contributed by atoms with E-state index in [-0.39, 0.29) is 0 Å². The number of aromatic nitrogens is 1. The van der Waals surface area contributed by atoms with Gasteiger partial charge in [0.2, 0.25) is 0 Å². The number of nitrogen functional groups attached to an aromatic ring is 1. The maximum atomic E-state index is 8.21. The Morgan fingerprint density at radius 2 is 2.45 bits per heavy atom. The van der Waals surface area contributed by atoms with Crippen LogP contribution in [0.25, 0.3) is 6.08 Å². The summed E-state index contributed by atoms with van der Waals surface area (Å²) in [6.07, 6.45) is 4.56. The van der Waals surface area contributed by atoms with Crippen LogP contribution >= 0.6 is 0 Å². The maximum absolute atomic E-state index is 8.21. The molecule has 0 aromatic carbocycles. The number of pyridine rings is 1. The number of nitriles is 1. The molecule has 0 bridgehead atoms. The molecule has 1 aromatic rings. The zero-order chi connectivity index (χ0) is 8.10. The first kappa shape index (κ1) is 7.29. The monoisotopic (exact) mass is 145 g/mol. The SMILES string of the molecule is N#CC=Cc1ncccc1N. The third kappa shape index (κ3) is 1.80. The van der Waals surface area contributed by atoms with E-state index in [0.29, 0.717) is 11.4 Å². The summed E-state index contributed by atoms with van der Waals surface area (Å²) in [5.41, 5.74) is 6.75. The van der Waals surface area contributed by atoms with Crippen molar-refractivity contribution in [1.82, 2.24) is 4.98 Å². The minimum absolute atomic E-state index is 0.582. The predicted octanol–water partition coefficient (Wildman–Crippen LogP) is 1.20. The highest BCUT2D eigenvalue weighted by Crippen LogP contribution is 2.07. The van der Waals surface area contributed by atoms with Gasteiger partial charge in [0.05, 0.1) is 17.5 Å². The molecule has 0 amide bonds. The quantitative estimate of drug-likeness (QED) is 0.604. The molecule has 0 aliphatic heterocycles. The lowest BCUT2D eigenvalue weighted by atomic mass is 10.3. The Bertz CT molecular complexity index is 309. The lowest BCUT2D eigenvalue weighted by Crippen LogP contribution is -1.90. The molecule has 1 rings (SSSR count). The molecule has 0 fully saturated rings. The van der Waals surface area contributed by atoms with Crippen LogP contribution in [-0.2, 0) is 0 Å². The van der Waals surface area contributed by atoms with E-state index in [1.54, 1.807) is 24.4 Å². The zero-order valence-electron chi connectivity index (χ0n) is 5.86. The smallest absolute Gasteiger partial charge is 0.0912 e. The number of nitrogens with two attached hydrogens (primary N) is 1. The molecular formula is C8H7N3. The van der Waals surface area contributed by atoms with Crippen molar-refractivity contribution in [2.75, 3.05) is 5.73 Å². The van der Waals surface area contributed by atoms with Crippen LogP contribution in [0.2, 0.25) is 0 Å². The topological polar surface area (TPSA) is 62.7 Å². The first-order valence-corrected chi connectivity index (χ1v) is 3.11. The molecule has 0 spiro atoms. The Labute approximate surface area is 64.8 Å². The van der Waals surface area contributed by atoms with Crippen molar-refractivity contribution in [2.45, 2.75) is 0 Å². The number of anilines is 1. The molecule has 0 aliphatic rings. The van der Waals surface area contributed by atoms with E-state index in [9.17, 15) is 0 Å². The Morgan fingerprint density at radius 3 is 3.09 bits per heavy atom. The van der Waals surface area contributed by atoms with Crippen molar-refractivity contribution < 1.29 is 0 Å². The highest BCUT2D eigenvalue weighted by atomic mass is 14.7. The van der Waals surface area contributed by atoms with E-state index in [0.717, 1.165) is 0 Å². The van der Waals surface area contributed by atoms with Crippen LogP contribution in [-0.4, -0.2) is 4.98 Å². The number of allylic oxidation sites excluding steroid dienone is 1. The van der Waals surface area contributed by atoms with Crippen molar-refractivity contribution in [2.24, 2.45) is 0 Å². The van der Waals surface area contributed by atoms with Crippen LogP contribution in [0.4, 0.5) is 5.69 Å². The van der Waals surface area contributed by atoms with E-state index in [1.807, 2.05) is 6.07 Å². The van der Waals surface area contributed by atoms with Gasteiger partial charge in [0.1, 0.15) is 0 Å². The second-order valence-electron chi connectivity index (χ2n) is 1.94. The van der Waals surface area contributed by atoms with E-state index < -0.39 is 0 Å². The van der Waals surface area contributed by atoms with Gasteiger partial charge in [-0.05, 0) is 18.2 Å². The molecular weight excluding hydrogens is 138 g/mol. The third-order valence-electron chi connectivity index (χ3n) is 1.19. The Morgan fingerprint density at radius 1 is 1.64 bits per heavy atom. The maximum Gasteiger partial charge on any atom is 0.0912 e. The Balaban J connectivity index is 2.97. The molecule has 0 radical (unpaired) electrons. The normalized spacial score (nSPS) is 9.73. The molecule has 3 heteroatoms. The van der Waals surface area contributed by atoms with Crippen LogP contribution in [0.5, 0.6) is 0 Å². The second kappa shape index (κ2) is 3.37. The van der Waals surface area contributed by atoms with E-state index in [2.05, 4.69) is 4.98 Å². The molecule has 0 saturated carbocycles. The summed E-state index contributed by atoms with van der Waals surface area (Å²) in [5.74, 6) is 0. The van der Waals surface area contributed by atoms with Crippen LogP contribution in [0.15, 0.2) is 24.4 Å². The summed E-state index contributed by atoms with van der Waals surface area (Å²) in [7, 11) is 0. The first-order chi connectivity index (χ1) is 5.34. The lowest BCUT2D eigenvalue weighted by molar-refractivity contribution is 1.30. The third-order valence-corrected chi connectivity index (χ3v) is 1.19. The molecule has 1 aromatic heterocycles. The van der Waals surface area contributed by atoms with Gasteiger partial charge in [-0.15, -0.1) is 0 Å². The average molecular weight is 145 g/mol. The molecule has 54 valence electrons. The van der Waals surface area contributed by atoms with Gasteiger partial charge >= 0.3 is 0 Å². The van der Waals surface area contributed by atoms with Crippen molar-refractivity contribution in [3.05, 3.63) is 30.1 Å². The van der Waals surface area contributed by atoms with Crippen molar-refractivity contribution in [1.29, 1.82) is 5.26 Å². The summed E-state index contributed by atoms with van der Waals surface area (Å²) in [6.45, 7) is 0. The second-order valence-corrected chi connectivity index (χ2v) is 1.94. The summed E-state index contributed by atoms with van der Waals surface area (Å²) >= 11 is 0. The molecule has 0 saturated heterocycles. The van der Waals surface area contributed by atoms with Crippen molar-refractivity contribution in [3.63, 3.8) is 0 Å². The van der Waals surface area contributed by atoms with Crippen LogP contribution < -0.4 is 5.73 Å². The molecule has 11 heavy (non-hydrogen) atoms. The van der Waals surface area contributed by atoms with E-state index in [4.69, 9.17) is 11.0 Å². The Hall–Kier alpha value is -1.82. The fourth-order valence-electron chi connectivity index (χ4n) is 0.685. The molecule has 0 atom stereocenters. The summed E-state index contributed by atoms with van der Waals surface area (Å²) in [4.78, 5) is 3.95. The average Bonchev–Trinajstić information content (AvgIpc) is 2.03. The highest BCUT2D eigenvalue weighted by molar-refractivity contribution is 5.61. The number of nitrogens with zero attached hydrogens (tertiary/aromatic N) is 2. The van der Waals surface area contributed by atoms with Gasteiger partial charge in [0.15, 0.2) is 0 Å². The number of hydrogen-bond donors (Lipinski definition) is 1. The van der Waals surface area contributed by atoms with Crippen molar-refractivity contribution >= 4 is 11.8 Å². The van der Waals surface area contributed by atoms with Crippen LogP contribution in [0.3, 0.4) is 0 Å². The van der Waals surface area contributed by atoms with Crippen LogP contribution in [0, 0.1) is 11.3 Å². The van der Waals surface area contributed by atoms with Gasteiger partial charge in [0.25, 0.3) is 0 Å². The minimum atomic E-state index is 0.582. The molecule has 1 heterocycles. The largest absolute Gasteiger partial charge is 0.397 e. The summed E-state index contributed by atoms with van der Waals surface area (Å²) < 4.78 is 0. The summed E-state index contributed by atoms with van der Waals surface area (Å²) in [6, 6.07) is 5.36. The fraction of sp³-hybridized carbons (Fsp3) is 0. The number of hydrogen-bond acceptors (Lipinski definition) is 3. The van der Waals surface area contributed by atoms with Crippen molar-refractivity contribution in [3.8, 4) is 6.07 Å². The standard InChI is InChI=1S/C8H7N3/c9-5-1-4-8-7(10)3-2-6-11-8/h1-4,6H,10H2. The van der Waals surface area contributed by atoms with Gasteiger partial charge in [-0.1, -0.05) is 0 Å². The lowest BCUT2D eigenvalue weighted by Gasteiger charge is -1.94. The summed E-state index contributed by atoms with van der Waals surface area (Å²) in [5, 5.41) is 8.21. The fourth-order valence-corrected chi connectivity index (χ4v) is 0.685. The molecule has 2 N–H and O–H groups in total. The zero-order valence-corrected chi connectivity index (χ0v) is 5.86. The van der Waals surface area contributed by atoms with Gasteiger partial charge < -0.3 is 5.73 Å². The molecule has 3 nitrogen and oxygen atoms in total. The minimum Gasteiger partial charge on any atom is -0.397 e. The van der Waals surface area contributed by atoms with Gasteiger partial charge in [-0.25, -0.2) is 0 Å².